The normalized spacial score (nSPS) is 25.9. The summed E-state index contributed by atoms with van der Waals surface area (Å²) >= 11 is 0. The van der Waals surface area contributed by atoms with Crippen molar-refractivity contribution in [3.63, 3.8) is 0 Å². The quantitative estimate of drug-likeness (QED) is 0.765. The zero-order chi connectivity index (χ0) is 21.4. The van der Waals surface area contributed by atoms with Crippen LogP contribution in [0, 0.1) is 11.7 Å². The maximum Gasteiger partial charge on any atom is 0.341 e. The number of pyridine rings is 1. The van der Waals surface area contributed by atoms with Crippen LogP contribution >= 0.6 is 0 Å². The number of carbonyl (C=O) groups excluding carboxylic acids is 2. The van der Waals surface area contributed by atoms with E-state index in [0.717, 1.165) is 37.2 Å². The van der Waals surface area contributed by atoms with Gasteiger partial charge in [-0.3, -0.25) is 9.78 Å². The lowest BCUT2D eigenvalue weighted by molar-refractivity contribution is -0.128. The Morgan fingerprint density at radius 2 is 1.94 bits per heavy atom. The van der Waals surface area contributed by atoms with Gasteiger partial charge in [0.1, 0.15) is 11.4 Å². The number of benzene rings is 1. The lowest BCUT2D eigenvalue weighted by Gasteiger charge is -2.37. The number of hydrogen-bond acceptors (Lipinski definition) is 5. The first-order chi connectivity index (χ1) is 15.0. The van der Waals surface area contributed by atoms with Crippen LogP contribution < -0.4 is 10.2 Å². The van der Waals surface area contributed by atoms with Gasteiger partial charge in [0.05, 0.1) is 5.56 Å². The molecule has 0 bridgehead atoms. The molecule has 2 aliphatic heterocycles. The molecule has 5 rings (SSSR count). The third-order valence-electron chi connectivity index (χ3n) is 7.00. The Bertz CT molecular complexity index is 995. The van der Waals surface area contributed by atoms with Gasteiger partial charge in [0.15, 0.2) is 0 Å². The molecule has 31 heavy (non-hydrogen) atoms. The fourth-order valence-corrected chi connectivity index (χ4v) is 5.23. The van der Waals surface area contributed by atoms with Gasteiger partial charge in [-0.15, -0.1) is 0 Å². The molecule has 1 saturated carbocycles. The van der Waals surface area contributed by atoms with Crippen LogP contribution in [0.2, 0.25) is 0 Å². The predicted molar refractivity (Wildman–Crippen MR) is 113 cm³/mol. The highest BCUT2D eigenvalue weighted by Crippen LogP contribution is 2.47. The van der Waals surface area contributed by atoms with Gasteiger partial charge in [0.2, 0.25) is 5.91 Å². The molecule has 1 amide bonds. The van der Waals surface area contributed by atoms with E-state index >= 15 is 0 Å². The van der Waals surface area contributed by atoms with Crippen molar-refractivity contribution >= 4 is 17.6 Å². The second-order valence-corrected chi connectivity index (χ2v) is 8.83. The van der Waals surface area contributed by atoms with Crippen molar-refractivity contribution in [3.8, 4) is 0 Å². The van der Waals surface area contributed by atoms with Crippen LogP contribution in [0.1, 0.15) is 54.4 Å². The summed E-state index contributed by atoms with van der Waals surface area (Å²) in [6.45, 7) is 1.59. The van der Waals surface area contributed by atoms with Gasteiger partial charge < -0.3 is 15.0 Å². The molecule has 3 heterocycles. The zero-order valence-electron chi connectivity index (χ0n) is 17.4. The lowest BCUT2D eigenvalue weighted by atomic mass is 9.75. The topological polar surface area (TPSA) is 71.5 Å². The molecule has 6 nitrogen and oxygen atoms in total. The molecule has 2 aromatic rings. The third kappa shape index (κ3) is 3.77. The third-order valence-corrected chi connectivity index (χ3v) is 7.00. The Hall–Kier alpha value is -2.96. The minimum Gasteiger partial charge on any atom is -0.451 e. The molecule has 162 valence electrons. The maximum atomic E-state index is 13.5. The fraction of sp³-hybridized carbons (Fsp3) is 0.458. The summed E-state index contributed by atoms with van der Waals surface area (Å²) in [5, 5.41) is 3.22. The molecule has 1 saturated heterocycles. The number of esters is 1. The molecule has 1 N–H and O–H groups in total. The zero-order valence-corrected chi connectivity index (χ0v) is 17.4. The molecule has 1 spiro atoms. The largest absolute Gasteiger partial charge is 0.451 e. The number of fused-ring (bicyclic) bond motifs is 2. The van der Waals surface area contributed by atoms with Crippen molar-refractivity contribution in [2.75, 3.05) is 18.0 Å². The number of anilines is 1. The molecule has 3 aliphatic rings. The van der Waals surface area contributed by atoms with E-state index < -0.39 is 5.60 Å². The molecule has 0 unspecified atom stereocenters. The van der Waals surface area contributed by atoms with Crippen molar-refractivity contribution in [3.05, 3.63) is 59.7 Å². The van der Waals surface area contributed by atoms with Gasteiger partial charge in [-0.2, -0.15) is 0 Å². The second-order valence-electron chi connectivity index (χ2n) is 8.83. The Balaban J connectivity index is 1.14. The average Bonchev–Trinajstić information content (AvgIpc) is 3.06. The minimum absolute atomic E-state index is 0.0588. The first kappa shape index (κ1) is 20.0. The van der Waals surface area contributed by atoms with Gasteiger partial charge in [-0.05, 0) is 62.8 Å². The van der Waals surface area contributed by atoms with E-state index in [1.807, 2.05) is 12.1 Å². The van der Waals surface area contributed by atoms with Crippen LogP contribution in [0.5, 0.6) is 0 Å². The number of ether oxygens (including phenoxy) is 1. The fourth-order valence-electron chi connectivity index (χ4n) is 5.23. The molecule has 0 atom stereocenters. The summed E-state index contributed by atoms with van der Waals surface area (Å²) in [5.41, 5.74) is 1.76. The molecule has 1 aromatic carbocycles. The number of aromatic nitrogens is 1. The van der Waals surface area contributed by atoms with E-state index in [4.69, 9.17) is 4.74 Å². The van der Waals surface area contributed by atoms with E-state index in [9.17, 15) is 14.0 Å². The first-order valence-electron chi connectivity index (χ1n) is 11.0. The van der Waals surface area contributed by atoms with Crippen molar-refractivity contribution in [1.29, 1.82) is 0 Å². The van der Waals surface area contributed by atoms with Gasteiger partial charge in [0, 0.05) is 48.7 Å². The number of nitrogens with zero attached hydrogens (tertiary/aromatic N) is 2. The van der Waals surface area contributed by atoms with Crippen LogP contribution in [-0.4, -0.2) is 36.0 Å². The van der Waals surface area contributed by atoms with Crippen LogP contribution in [0.15, 0.2) is 42.7 Å². The molecule has 0 radical (unpaired) electrons. The number of hydrogen-bond donors (Lipinski definition) is 1. The standard InChI is InChI=1S/C24H26FN3O3/c25-17-2-1-3-19(14-17)28-12-7-18(8-13-28)27-22(29)16-4-9-24(10-5-16)21-6-11-26-15-20(21)23(30)31-24/h1-3,6,11,14-16,18H,4-5,7-10,12-13H2,(H,27,29). The van der Waals surface area contributed by atoms with Crippen LogP contribution in [0.4, 0.5) is 10.1 Å². The van der Waals surface area contributed by atoms with Gasteiger partial charge in [0.25, 0.3) is 0 Å². The van der Waals surface area contributed by atoms with Crippen molar-refractivity contribution in [2.24, 2.45) is 5.92 Å². The summed E-state index contributed by atoms with van der Waals surface area (Å²) in [7, 11) is 0. The van der Waals surface area contributed by atoms with E-state index in [1.54, 1.807) is 24.5 Å². The monoisotopic (exact) mass is 423 g/mol. The van der Waals surface area contributed by atoms with Gasteiger partial charge in [-0.1, -0.05) is 6.07 Å². The summed E-state index contributed by atoms with van der Waals surface area (Å²) in [6, 6.07) is 8.67. The van der Waals surface area contributed by atoms with E-state index in [2.05, 4.69) is 15.2 Å². The highest BCUT2D eigenvalue weighted by Gasteiger charge is 2.48. The van der Waals surface area contributed by atoms with Crippen LogP contribution in [0.3, 0.4) is 0 Å². The van der Waals surface area contributed by atoms with Gasteiger partial charge in [-0.25, -0.2) is 9.18 Å². The molecule has 1 aliphatic carbocycles. The Morgan fingerprint density at radius 3 is 2.68 bits per heavy atom. The molecular weight excluding hydrogens is 397 g/mol. The number of carbonyl (C=O) groups is 2. The second kappa shape index (κ2) is 7.94. The number of amides is 1. The number of nitrogens with one attached hydrogen (secondary N) is 1. The summed E-state index contributed by atoms with van der Waals surface area (Å²) in [4.78, 5) is 31.3. The Kier molecular flexibility index (Phi) is 5.12. The average molecular weight is 423 g/mol. The smallest absolute Gasteiger partial charge is 0.341 e. The first-order valence-corrected chi connectivity index (χ1v) is 11.0. The Labute approximate surface area is 180 Å². The van der Waals surface area contributed by atoms with E-state index in [-0.39, 0.29) is 29.7 Å². The summed E-state index contributed by atoms with van der Waals surface area (Å²) < 4.78 is 19.2. The summed E-state index contributed by atoms with van der Waals surface area (Å²) in [6.07, 6.45) is 7.66. The number of piperidine rings is 1. The molecular formula is C24H26FN3O3. The van der Waals surface area contributed by atoms with Crippen LogP contribution in [0.25, 0.3) is 0 Å². The SMILES string of the molecule is O=C1OC2(CCC(C(=O)NC3CCN(c4cccc(F)c4)CC3)CC2)c2ccncc21. The van der Waals surface area contributed by atoms with Crippen molar-refractivity contribution in [2.45, 2.75) is 50.2 Å². The highest BCUT2D eigenvalue weighted by atomic mass is 19.1. The van der Waals surface area contributed by atoms with Gasteiger partial charge >= 0.3 is 5.97 Å². The van der Waals surface area contributed by atoms with E-state index in [1.165, 1.54) is 6.07 Å². The molecule has 2 fully saturated rings. The van der Waals surface area contributed by atoms with Crippen LogP contribution in [-0.2, 0) is 15.1 Å². The number of rotatable bonds is 3. The van der Waals surface area contributed by atoms with Crippen molar-refractivity contribution < 1.29 is 18.7 Å². The maximum absolute atomic E-state index is 13.5. The summed E-state index contributed by atoms with van der Waals surface area (Å²) in [5.74, 6) is -0.499. The van der Waals surface area contributed by atoms with E-state index in [0.29, 0.717) is 31.2 Å². The molecule has 7 heteroatoms. The predicted octanol–water partition coefficient (Wildman–Crippen LogP) is 3.56. The highest BCUT2D eigenvalue weighted by molar-refractivity contribution is 5.94. The Morgan fingerprint density at radius 1 is 1.16 bits per heavy atom. The molecule has 1 aromatic heterocycles. The lowest BCUT2D eigenvalue weighted by Crippen LogP contribution is -2.47. The number of halogens is 1. The minimum atomic E-state index is -0.595. The van der Waals surface area contributed by atoms with Crippen molar-refractivity contribution in [1.82, 2.24) is 10.3 Å².